The molecule has 0 saturated carbocycles. The Morgan fingerprint density at radius 3 is 2.29 bits per heavy atom. The van der Waals surface area contributed by atoms with Gasteiger partial charge in [-0.1, -0.05) is 25.4 Å². The first kappa shape index (κ1) is 24.5. The van der Waals surface area contributed by atoms with E-state index in [4.69, 9.17) is 16.3 Å². The molecule has 11 heteroatoms. The summed E-state index contributed by atoms with van der Waals surface area (Å²) < 4.78 is 47.3. The summed E-state index contributed by atoms with van der Waals surface area (Å²) in [5.41, 5.74) is -2.18. The lowest BCUT2D eigenvalue weighted by molar-refractivity contribution is -0.142. The third-order valence-corrected chi connectivity index (χ3v) is 4.68. The lowest BCUT2D eigenvalue weighted by atomic mass is 10.1. The summed E-state index contributed by atoms with van der Waals surface area (Å²) in [7, 11) is 0. The number of anilines is 1. The number of nitrogens with zero attached hydrogens (tertiary/aromatic N) is 3. The largest absolute Gasteiger partial charge is 0.478 e. The number of aromatic carboxylic acids is 1. The smallest absolute Gasteiger partial charge is 0.435 e. The molecule has 0 amide bonds. The number of aromatic nitrogens is 2. The summed E-state index contributed by atoms with van der Waals surface area (Å²) >= 11 is 6.15. The Labute approximate surface area is 182 Å². The Morgan fingerprint density at radius 2 is 1.81 bits per heavy atom. The van der Waals surface area contributed by atoms with Crippen LogP contribution in [-0.2, 0) is 10.9 Å². The van der Waals surface area contributed by atoms with Crippen LogP contribution in [0.5, 0.6) is 0 Å². The van der Waals surface area contributed by atoms with Gasteiger partial charge in [-0.3, -0.25) is 0 Å². The number of carboxylic acids is 1. The molecule has 2 rings (SSSR count). The fourth-order valence-corrected chi connectivity index (χ4v) is 3.44. The van der Waals surface area contributed by atoms with Crippen molar-refractivity contribution in [3.8, 4) is 5.69 Å². The van der Waals surface area contributed by atoms with Crippen molar-refractivity contribution in [1.82, 2.24) is 9.78 Å². The van der Waals surface area contributed by atoms with E-state index in [-0.39, 0.29) is 29.2 Å². The molecule has 0 saturated heterocycles. The molecule has 0 aliphatic heterocycles. The fourth-order valence-electron chi connectivity index (χ4n) is 3.10. The SMILES string of the molecule is CCCN(CCC)c1nn(-c2ccc(C(=O)O)cc2C(=O)OCC)c(C(F)(F)F)c1Cl. The highest BCUT2D eigenvalue weighted by atomic mass is 35.5. The van der Waals surface area contributed by atoms with Crippen molar-refractivity contribution in [2.24, 2.45) is 0 Å². The topological polar surface area (TPSA) is 84.7 Å². The van der Waals surface area contributed by atoms with Crippen molar-refractivity contribution >= 4 is 29.4 Å². The van der Waals surface area contributed by atoms with E-state index in [1.807, 2.05) is 13.8 Å². The van der Waals surface area contributed by atoms with E-state index in [0.717, 1.165) is 18.2 Å². The Bertz CT molecular complexity index is 954. The zero-order valence-corrected chi connectivity index (χ0v) is 18.0. The molecular formula is C20H23ClF3N3O4. The van der Waals surface area contributed by atoms with Gasteiger partial charge in [0.15, 0.2) is 11.5 Å². The van der Waals surface area contributed by atoms with Gasteiger partial charge in [0.05, 0.1) is 23.4 Å². The van der Waals surface area contributed by atoms with Crippen molar-refractivity contribution in [3.05, 3.63) is 40.0 Å². The van der Waals surface area contributed by atoms with E-state index in [1.54, 1.807) is 4.90 Å². The second-order valence-electron chi connectivity index (χ2n) is 6.64. The number of carbonyl (C=O) groups is 2. The first-order valence-electron chi connectivity index (χ1n) is 9.72. The number of hydrogen-bond donors (Lipinski definition) is 1. The molecule has 1 N–H and O–H groups in total. The van der Waals surface area contributed by atoms with Crippen molar-refractivity contribution < 1.29 is 32.6 Å². The molecule has 0 radical (unpaired) electrons. The van der Waals surface area contributed by atoms with Gasteiger partial charge in [-0.15, -0.1) is 5.10 Å². The first-order chi connectivity index (χ1) is 14.6. The minimum Gasteiger partial charge on any atom is -0.478 e. The molecule has 1 aromatic carbocycles. The van der Waals surface area contributed by atoms with E-state index in [0.29, 0.717) is 30.6 Å². The van der Waals surface area contributed by atoms with Crippen LogP contribution >= 0.6 is 11.6 Å². The van der Waals surface area contributed by atoms with Crippen LogP contribution in [0.1, 0.15) is 60.0 Å². The average molecular weight is 462 g/mol. The second-order valence-corrected chi connectivity index (χ2v) is 7.02. The molecule has 0 fully saturated rings. The van der Waals surface area contributed by atoms with Crippen LogP contribution in [0.3, 0.4) is 0 Å². The van der Waals surface area contributed by atoms with Crippen LogP contribution in [0.2, 0.25) is 5.02 Å². The van der Waals surface area contributed by atoms with Crippen molar-refractivity contribution in [2.75, 3.05) is 24.6 Å². The normalized spacial score (nSPS) is 11.5. The van der Waals surface area contributed by atoms with Gasteiger partial charge in [0.1, 0.15) is 5.02 Å². The minimum atomic E-state index is -4.89. The number of benzene rings is 1. The summed E-state index contributed by atoms with van der Waals surface area (Å²) in [4.78, 5) is 25.4. The van der Waals surface area contributed by atoms with E-state index < -0.39 is 28.8 Å². The molecule has 31 heavy (non-hydrogen) atoms. The van der Waals surface area contributed by atoms with Crippen molar-refractivity contribution in [1.29, 1.82) is 0 Å². The molecular weight excluding hydrogens is 439 g/mol. The highest BCUT2D eigenvalue weighted by Crippen LogP contribution is 2.41. The number of hydrogen-bond acceptors (Lipinski definition) is 5. The van der Waals surface area contributed by atoms with Crippen LogP contribution < -0.4 is 4.90 Å². The molecule has 0 atom stereocenters. The Balaban J connectivity index is 2.81. The van der Waals surface area contributed by atoms with Gasteiger partial charge < -0.3 is 14.7 Å². The summed E-state index contributed by atoms with van der Waals surface area (Å²) in [6, 6.07) is 3.13. The fraction of sp³-hybridized carbons (Fsp3) is 0.450. The molecule has 2 aromatic rings. The third kappa shape index (κ3) is 5.30. The molecule has 0 aliphatic rings. The van der Waals surface area contributed by atoms with Crippen LogP contribution in [0, 0.1) is 0 Å². The van der Waals surface area contributed by atoms with Crippen LogP contribution in [-0.4, -0.2) is 46.5 Å². The van der Waals surface area contributed by atoms with Crippen LogP contribution in [0.4, 0.5) is 19.0 Å². The predicted molar refractivity (Wildman–Crippen MR) is 109 cm³/mol. The van der Waals surface area contributed by atoms with E-state index >= 15 is 0 Å². The van der Waals surface area contributed by atoms with Gasteiger partial charge in [-0.2, -0.15) is 13.2 Å². The van der Waals surface area contributed by atoms with Crippen molar-refractivity contribution in [2.45, 2.75) is 39.8 Å². The summed E-state index contributed by atoms with van der Waals surface area (Å²) in [5, 5.41) is 12.7. The number of carboxylic acid groups (broad SMARTS) is 1. The van der Waals surface area contributed by atoms with E-state index in [1.165, 1.54) is 6.92 Å². The van der Waals surface area contributed by atoms with Crippen LogP contribution in [0.15, 0.2) is 18.2 Å². The lowest BCUT2D eigenvalue weighted by Crippen LogP contribution is -2.25. The van der Waals surface area contributed by atoms with Gasteiger partial charge in [-0.25, -0.2) is 14.3 Å². The Morgan fingerprint density at radius 1 is 1.19 bits per heavy atom. The Hall–Kier alpha value is -2.75. The molecule has 0 aliphatic carbocycles. The molecule has 1 aromatic heterocycles. The van der Waals surface area contributed by atoms with Gasteiger partial charge >= 0.3 is 18.1 Å². The standard InChI is InChI=1S/C20H23ClF3N3O4/c1-4-9-26(10-5-2)17-15(21)16(20(22,23)24)27(25-17)14-8-7-12(18(28)29)11-13(14)19(30)31-6-3/h7-8,11H,4-6,9-10H2,1-3H3,(H,28,29). The monoisotopic (exact) mass is 461 g/mol. The number of carbonyl (C=O) groups excluding carboxylic acids is 1. The number of alkyl halides is 3. The minimum absolute atomic E-state index is 0.0480. The second kappa shape index (κ2) is 10.0. The zero-order chi connectivity index (χ0) is 23.3. The van der Waals surface area contributed by atoms with E-state index in [2.05, 4.69) is 5.10 Å². The predicted octanol–water partition coefficient (Wildman–Crippen LogP) is 5.05. The quantitative estimate of drug-likeness (QED) is 0.526. The number of esters is 1. The van der Waals surface area contributed by atoms with Gasteiger partial charge in [0, 0.05) is 13.1 Å². The highest BCUT2D eigenvalue weighted by molar-refractivity contribution is 6.33. The highest BCUT2D eigenvalue weighted by Gasteiger charge is 2.41. The maximum Gasteiger partial charge on any atom is 0.435 e. The molecule has 0 bridgehead atoms. The summed E-state index contributed by atoms with van der Waals surface area (Å²) in [5.74, 6) is -2.37. The summed E-state index contributed by atoms with van der Waals surface area (Å²) in [6.07, 6.45) is -3.57. The summed E-state index contributed by atoms with van der Waals surface area (Å²) in [6.45, 7) is 6.10. The first-order valence-corrected chi connectivity index (χ1v) is 10.1. The molecule has 0 spiro atoms. The van der Waals surface area contributed by atoms with Gasteiger partial charge in [0.25, 0.3) is 0 Å². The van der Waals surface area contributed by atoms with Crippen LogP contribution in [0.25, 0.3) is 5.69 Å². The van der Waals surface area contributed by atoms with Gasteiger partial charge in [0.2, 0.25) is 0 Å². The number of ether oxygens (including phenoxy) is 1. The maximum absolute atomic E-state index is 14.0. The van der Waals surface area contributed by atoms with E-state index in [9.17, 15) is 27.9 Å². The number of rotatable bonds is 9. The zero-order valence-electron chi connectivity index (χ0n) is 17.3. The Kier molecular flexibility index (Phi) is 7.94. The van der Waals surface area contributed by atoms with Gasteiger partial charge in [-0.05, 0) is 38.0 Å². The molecule has 170 valence electrons. The van der Waals surface area contributed by atoms with Crippen molar-refractivity contribution in [3.63, 3.8) is 0 Å². The lowest BCUT2D eigenvalue weighted by Gasteiger charge is -2.21. The molecule has 7 nitrogen and oxygen atoms in total. The molecule has 0 unspecified atom stereocenters. The number of halogens is 4. The molecule has 1 heterocycles. The average Bonchev–Trinajstić information content (AvgIpc) is 3.04. The maximum atomic E-state index is 14.0. The third-order valence-electron chi connectivity index (χ3n) is 4.33.